The van der Waals surface area contributed by atoms with Gasteiger partial charge in [-0.3, -0.25) is 14.4 Å². The van der Waals surface area contributed by atoms with Gasteiger partial charge in [-0.25, -0.2) is 0 Å². The molecular weight excluding hydrogens is 733 g/mol. The molecule has 6 heteroatoms. The molecule has 0 saturated heterocycles. The highest BCUT2D eigenvalue weighted by atomic mass is 16.6. The zero-order valence-corrected chi connectivity index (χ0v) is 40.2. The first-order valence-corrected chi connectivity index (χ1v) is 26.4. The number of hydrogen-bond donors (Lipinski definition) is 0. The van der Waals surface area contributed by atoms with Gasteiger partial charge in [-0.05, 0) is 25.2 Å². The molecule has 0 fully saturated rings. The minimum absolute atomic E-state index is 0.0631. The highest BCUT2D eigenvalue weighted by molar-refractivity contribution is 5.71. The van der Waals surface area contributed by atoms with Gasteiger partial charge in [0, 0.05) is 19.3 Å². The van der Waals surface area contributed by atoms with Crippen LogP contribution < -0.4 is 0 Å². The molecule has 0 bridgehead atoms. The van der Waals surface area contributed by atoms with Crippen LogP contribution in [-0.4, -0.2) is 37.2 Å². The van der Waals surface area contributed by atoms with Crippen molar-refractivity contribution < 1.29 is 28.6 Å². The average molecular weight is 835 g/mol. The van der Waals surface area contributed by atoms with E-state index in [-0.39, 0.29) is 31.1 Å². The number of rotatable bonds is 48. The second-order valence-electron chi connectivity index (χ2n) is 18.6. The molecular formula is C53H102O6. The second-order valence-corrected chi connectivity index (χ2v) is 18.6. The maximum atomic E-state index is 12.8. The van der Waals surface area contributed by atoms with Gasteiger partial charge in [0.15, 0.2) is 6.10 Å². The Kier molecular flexibility index (Phi) is 46.2. The van der Waals surface area contributed by atoms with Crippen LogP contribution in [0.2, 0.25) is 0 Å². The molecule has 0 spiro atoms. The third-order valence-corrected chi connectivity index (χ3v) is 12.0. The van der Waals surface area contributed by atoms with E-state index in [9.17, 15) is 14.4 Å². The highest BCUT2D eigenvalue weighted by Gasteiger charge is 2.19. The smallest absolute Gasteiger partial charge is 0.306 e. The van der Waals surface area contributed by atoms with Crippen molar-refractivity contribution in [2.24, 2.45) is 5.92 Å². The average Bonchev–Trinajstić information content (AvgIpc) is 3.22. The first-order valence-electron chi connectivity index (χ1n) is 26.4. The lowest BCUT2D eigenvalue weighted by Gasteiger charge is -2.18. The Morgan fingerprint density at radius 2 is 0.559 bits per heavy atom. The summed E-state index contributed by atoms with van der Waals surface area (Å²) in [6.45, 7) is 9.00. The molecule has 0 N–H and O–H groups in total. The Bertz CT molecular complexity index is 887. The molecule has 0 heterocycles. The third-order valence-electron chi connectivity index (χ3n) is 12.0. The number of ether oxygens (including phenoxy) is 3. The molecule has 0 aromatic heterocycles. The molecule has 59 heavy (non-hydrogen) atoms. The fourth-order valence-corrected chi connectivity index (χ4v) is 8.04. The molecule has 350 valence electrons. The molecule has 0 aromatic rings. The summed E-state index contributed by atoms with van der Waals surface area (Å²) in [5.41, 5.74) is 0. The topological polar surface area (TPSA) is 78.9 Å². The van der Waals surface area contributed by atoms with E-state index in [1.807, 2.05) is 0 Å². The summed E-state index contributed by atoms with van der Waals surface area (Å²) in [6.07, 6.45) is 49.5. The van der Waals surface area contributed by atoms with Crippen molar-refractivity contribution in [1.29, 1.82) is 0 Å². The van der Waals surface area contributed by atoms with E-state index in [1.54, 1.807) is 0 Å². The monoisotopic (exact) mass is 835 g/mol. The van der Waals surface area contributed by atoms with Crippen molar-refractivity contribution in [3.63, 3.8) is 0 Å². The van der Waals surface area contributed by atoms with Gasteiger partial charge in [0.2, 0.25) is 0 Å². The fourth-order valence-electron chi connectivity index (χ4n) is 8.04. The van der Waals surface area contributed by atoms with Gasteiger partial charge in [-0.15, -0.1) is 0 Å². The standard InChI is InChI=1S/C53H102O6/c1-5-7-9-11-13-15-17-19-21-22-24-26-28-33-37-41-45-52(55)58-48-50(59-53(56)46-42-38-34-30-29-31-35-39-43-49(3)4)47-57-51(54)44-40-36-32-27-25-23-20-18-16-14-12-10-8-6-2/h49-50H,5-48H2,1-4H3/t50-/m1/s1. The van der Waals surface area contributed by atoms with E-state index in [1.165, 1.54) is 193 Å². The zero-order valence-electron chi connectivity index (χ0n) is 40.2. The van der Waals surface area contributed by atoms with E-state index in [4.69, 9.17) is 14.2 Å². The molecule has 0 amide bonds. The summed E-state index contributed by atoms with van der Waals surface area (Å²) in [7, 11) is 0. The van der Waals surface area contributed by atoms with E-state index in [2.05, 4.69) is 27.7 Å². The van der Waals surface area contributed by atoms with Crippen LogP contribution >= 0.6 is 0 Å². The largest absolute Gasteiger partial charge is 0.462 e. The first kappa shape index (κ1) is 57.4. The quantitative estimate of drug-likeness (QED) is 0.0345. The Hall–Kier alpha value is -1.59. The summed E-state index contributed by atoms with van der Waals surface area (Å²) in [6, 6.07) is 0. The SMILES string of the molecule is CCCCCCCCCCCCCCCCCCC(=O)OC[C@@H](COC(=O)CCCCCCCCCCCCCCCC)OC(=O)CCCCCCCCCCC(C)C. The van der Waals surface area contributed by atoms with E-state index in [0.29, 0.717) is 19.3 Å². The van der Waals surface area contributed by atoms with Crippen LogP contribution in [0.3, 0.4) is 0 Å². The number of esters is 3. The van der Waals surface area contributed by atoms with Crippen LogP contribution in [0.15, 0.2) is 0 Å². The lowest BCUT2D eigenvalue weighted by molar-refractivity contribution is -0.167. The van der Waals surface area contributed by atoms with Crippen LogP contribution in [0.5, 0.6) is 0 Å². The summed E-state index contributed by atoms with van der Waals surface area (Å²) in [4.78, 5) is 37.9. The van der Waals surface area contributed by atoms with Gasteiger partial charge in [0.25, 0.3) is 0 Å². The van der Waals surface area contributed by atoms with E-state index in [0.717, 1.165) is 63.7 Å². The lowest BCUT2D eigenvalue weighted by atomic mass is 10.0. The van der Waals surface area contributed by atoms with Gasteiger partial charge in [0.1, 0.15) is 13.2 Å². The second kappa shape index (κ2) is 47.5. The highest BCUT2D eigenvalue weighted by Crippen LogP contribution is 2.17. The lowest BCUT2D eigenvalue weighted by Crippen LogP contribution is -2.30. The predicted molar refractivity (Wildman–Crippen MR) is 252 cm³/mol. The van der Waals surface area contributed by atoms with Crippen LogP contribution in [0.25, 0.3) is 0 Å². The van der Waals surface area contributed by atoms with Crippen molar-refractivity contribution in [3.8, 4) is 0 Å². The maximum absolute atomic E-state index is 12.8. The molecule has 6 nitrogen and oxygen atoms in total. The predicted octanol–water partition coefficient (Wildman–Crippen LogP) is 17.1. The molecule has 0 radical (unpaired) electrons. The Balaban J connectivity index is 4.28. The molecule has 1 atom stereocenters. The minimum atomic E-state index is -0.761. The fraction of sp³-hybridized carbons (Fsp3) is 0.943. The molecule has 0 unspecified atom stereocenters. The third kappa shape index (κ3) is 47.3. The molecule has 0 aliphatic rings. The van der Waals surface area contributed by atoms with Crippen molar-refractivity contribution >= 4 is 17.9 Å². The summed E-state index contributed by atoms with van der Waals surface area (Å²) < 4.78 is 16.8. The zero-order chi connectivity index (χ0) is 43.1. The summed E-state index contributed by atoms with van der Waals surface area (Å²) in [5, 5.41) is 0. The molecule has 0 aromatic carbocycles. The Labute approximate surface area is 368 Å². The van der Waals surface area contributed by atoms with Crippen LogP contribution in [0.4, 0.5) is 0 Å². The van der Waals surface area contributed by atoms with E-state index >= 15 is 0 Å². The van der Waals surface area contributed by atoms with Crippen LogP contribution in [0.1, 0.15) is 297 Å². The van der Waals surface area contributed by atoms with Crippen molar-refractivity contribution in [2.75, 3.05) is 13.2 Å². The minimum Gasteiger partial charge on any atom is -0.462 e. The molecule has 0 aliphatic carbocycles. The van der Waals surface area contributed by atoms with Crippen LogP contribution in [0, 0.1) is 5.92 Å². The van der Waals surface area contributed by atoms with E-state index < -0.39 is 6.10 Å². The van der Waals surface area contributed by atoms with Gasteiger partial charge >= 0.3 is 17.9 Å². The van der Waals surface area contributed by atoms with Gasteiger partial charge < -0.3 is 14.2 Å². The first-order chi connectivity index (χ1) is 28.9. The number of carbonyl (C=O) groups is 3. The molecule has 0 aliphatic heterocycles. The van der Waals surface area contributed by atoms with Crippen molar-refractivity contribution in [3.05, 3.63) is 0 Å². The van der Waals surface area contributed by atoms with Crippen LogP contribution in [-0.2, 0) is 28.6 Å². The Morgan fingerprint density at radius 3 is 0.831 bits per heavy atom. The number of carbonyl (C=O) groups excluding carboxylic acids is 3. The summed E-state index contributed by atoms with van der Waals surface area (Å²) in [5.74, 6) is -0.0515. The normalized spacial score (nSPS) is 11.9. The van der Waals surface area contributed by atoms with Crippen molar-refractivity contribution in [1.82, 2.24) is 0 Å². The summed E-state index contributed by atoms with van der Waals surface area (Å²) >= 11 is 0. The Morgan fingerprint density at radius 1 is 0.322 bits per heavy atom. The number of unbranched alkanes of at least 4 members (excludes halogenated alkanes) is 35. The number of hydrogen-bond acceptors (Lipinski definition) is 6. The van der Waals surface area contributed by atoms with Gasteiger partial charge in [-0.2, -0.15) is 0 Å². The maximum Gasteiger partial charge on any atom is 0.306 e. The van der Waals surface area contributed by atoms with Crippen molar-refractivity contribution in [2.45, 2.75) is 303 Å². The van der Waals surface area contributed by atoms with Gasteiger partial charge in [-0.1, -0.05) is 259 Å². The van der Waals surface area contributed by atoms with Gasteiger partial charge in [0.05, 0.1) is 0 Å². The molecule has 0 saturated carbocycles. The molecule has 0 rings (SSSR count).